The molecule has 1 saturated heterocycles. The minimum atomic E-state index is -0.952. The normalized spacial score (nSPS) is 19.3. The Balaban J connectivity index is 2.04. The Bertz CT molecular complexity index is 799. The van der Waals surface area contributed by atoms with Crippen LogP contribution < -0.4 is 5.32 Å². The Kier molecular flexibility index (Phi) is 9.10. The van der Waals surface area contributed by atoms with E-state index in [1.807, 2.05) is 30.3 Å². The van der Waals surface area contributed by atoms with Gasteiger partial charge in [0.2, 0.25) is 0 Å². The van der Waals surface area contributed by atoms with Gasteiger partial charge in [-0.3, -0.25) is 0 Å². The molecule has 0 bridgehead atoms. The van der Waals surface area contributed by atoms with Gasteiger partial charge in [-0.25, -0.2) is 14.4 Å². The van der Waals surface area contributed by atoms with E-state index in [-0.39, 0.29) is 26.3 Å². The molecule has 0 spiro atoms. The highest BCUT2D eigenvalue weighted by atomic mass is 16.6. The molecule has 1 aliphatic rings. The van der Waals surface area contributed by atoms with Gasteiger partial charge in [0.1, 0.15) is 17.8 Å². The van der Waals surface area contributed by atoms with Crippen molar-refractivity contribution in [1.82, 2.24) is 10.2 Å². The van der Waals surface area contributed by atoms with Gasteiger partial charge < -0.3 is 29.2 Å². The molecule has 2 rings (SSSR count). The zero-order valence-corrected chi connectivity index (χ0v) is 20.4. The number of amides is 2. The topological polar surface area (TPSA) is 103 Å². The summed E-state index contributed by atoms with van der Waals surface area (Å²) in [5.41, 5.74) is -0.545. The van der Waals surface area contributed by atoms with E-state index in [9.17, 15) is 14.4 Å². The summed E-state index contributed by atoms with van der Waals surface area (Å²) in [7, 11) is 0. The molecule has 0 radical (unpaired) electrons. The highest BCUT2D eigenvalue weighted by Gasteiger charge is 2.37. The minimum absolute atomic E-state index is 0.0464. The summed E-state index contributed by atoms with van der Waals surface area (Å²) in [6.45, 7) is 11.0. The maximum atomic E-state index is 12.9. The SMILES string of the molecule is CC(C)(C)OC(=O)C1CN(C(=O)OC(C)(C)C)C(CNC(=O)OCc2ccccc2)CCO1. The standard InChI is InChI=1S/C24H36N2O7/c1-23(2,3)32-20(27)19-15-26(22(29)33-24(4,5)6)18(12-13-30-19)14-25-21(28)31-16-17-10-8-7-9-11-17/h7-11,18-19H,12-16H2,1-6H3,(H,25,28). The first kappa shape index (κ1) is 26.4. The predicted molar refractivity (Wildman–Crippen MR) is 122 cm³/mol. The minimum Gasteiger partial charge on any atom is -0.458 e. The van der Waals surface area contributed by atoms with Gasteiger partial charge in [-0.05, 0) is 53.5 Å². The second-order valence-electron chi connectivity index (χ2n) is 9.91. The Hall–Kier alpha value is -2.81. The number of carbonyl (C=O) groups is 3. The molecule has 2 atom stereocenters. The molecule has 9 nitrogen and oxygen atoms in total. The van der Waals surface area contributed by atoms with Crippen molar-refractivity contribution in [3.05, 3.63) is 35.9 Å². The van der Waals surface area contributed by atoms with Crippen molar-refractivity contribution < 1.29 is 33.3 Å². The first-order chi connectivity index (χ1) is 15.3. The van der Waals surface area contributed by atoms with E-state index in [1.165, 1.54) is 4.90 Å². The number of alkyl carbamates (subject to hydrolysis) is 1. The van der Waals surface area contributed by atoms with Gasteiger partial charge in [0, 0.05) is 13.2 Å². The van der Waals surface area contributed by atoms with E-state index in [4.69, 9.17) is 18.9 Å². The average molecular weight is 465 g/mol. The number of ether oxygens (including phenoxy) is 4. The molecule has 1 fully saturated rings. The third-order valence-electron chi connectivity index (χ3n) is 4.57. The molecule has 2 unspecified atom stereocenters. The van der Waals surface area contributed by atoms with E-state index in [0.717, 1.165) is 5.56 Å². The number of rotatable bonds is 5. The lowest BCUT2D eigenvalue weighted by molar-refractivity contribution is -0.168. The smallest absolute Gasteiger partial charge is 0.410 e. The molecule has 1 aromatic carbocycles. The molecule has 0 aliphatic carbocycles. The zero-order valence-electron chi connectivity index (χ0n) is 20.4. The van der Waals surface area contributed by atoms with E-state index in [0.29, 0.717) is 6.42 Å². The Morgan fingerprint density at radius 2 is 1.67 bits per heavy atom. The van der Waals surface area contributed by atoms with Gasteiger partial charge in [-0.1, -0.05) is 30.3 Å². The summed E-state index contributed by atoms with van der Waals surface area (Å²) < 4.78 is 21.9. The van der Waals surface area contributed by atoms with Gasteiger partial charge in [-0.15, -0.1) is 0 Å². The van der Waals surface area contributed by atoms with Gasteiger partial charge in [0.25, 0.3) is 0 Å². The number of nitrogens with zero attached hydrogens (tertiary/aromatic N) is 1. The number of nitrogens with one attached hydrogen (secondary N) is 1. The van der Waals surface area contributed by atoms with Crippen LogP contribution in [0.15, 0.2) is 30.3 Å². The van der Waals surface area contributed by atoms with Crippen molar-refractivity contribution >= 4 is 18.2 Å². The number of hydrogen-bond acceptors (Lipinski definition) is 7. The van der Waals surface area contributed by atoms with Crippen molar-refractivity contribution in [2.24, 2.45) is 0 Å². The van der Waals surface area contributed by atoms with Crippen LogP contribution in [0.1, 0.15) is 53.5 Å². The quantitative estimate of drug-likeness (QED) is 0.524. The lowest BCUT2D eigenvalue weighted by Crippen LogP contribution is -2.51. The molecule has 0 aromatic heterocycles. The summed E-state index contributed by atoms with van der Waals surface area (Å²) >= 11 is 0. The molecule has 1 aromatic rings. The first-order valence-corrected chi connectivity index (χ1v) is 11.1. The van der Waals surface area contributed by atoms with Crippen LogP contribution in [0.4, 0.5) is 9.59 Å². The maximum Gasteiger partial charge on any atom is 0.410 e. The molecule has 184 valence electrons. The molecular formula is C24H36N2O7. The van der Waals surface area contributed by atoms with Gasteiger partial charge in [0.05, 0.1) is 12.6 Å². The average Bonchev–Trinajstić information content (AvgIpc) is 2.92. The van der Waals surface area contributed by atoms with Crippen LogP contribution in [-0.2, 0) is 30.3 Å². The summed E-state index contributed by atoms with van der Waals surface area (Å²) in [6, 6.07) is 8.88. The Morgan fingerprint density at radius 3 is 2.27 bits per heavy atom. The molecule has 1 aliphatic heterocycles. The lowest BCUT2D eigenvalue weighted by atomic mass is 10.1. The van der Waals surface area contributed by atoms with E-state index >= 15 is 0 Å². The van der Waals surface area contributed by atoms with Crippen molar-refractivity contribution in [2.45, 2.75) is 77.9 Å². The van der Waals surface area contributed by atoms with E-state index < -0.39 is 41.5 Å². The number of benzene rings is 1. The fraction of sp³-hybridized carbons (Fsp3) is 0.625. The second-order valence-corrected chi connectivity index (χ2v) is 9.91. The fourth-order valence-electron chi connectivity index (χ4n) is 3.12. The third-order valence-corrected chi connectivity index (χ3v) is 4.57. The number of hydrogen-bond donors (Lipinski definition) is 1. The summed E-state index contributed by atoms with van der Waals surface area (Å²) in [4.78, 5) is 39.2. The number of esters is 1. The third kappa shape index (κ3) is 9.69. The van der Waals surface area contributed by atoms with Crippen LogP contribution in [0.25, 0.3) is 0 Å². The van der Waals surface area contributed by atoms with Crippen LogP contribution in [0.2, 0.25) is 0 Å². The maximum absolute atomic E-state index is 12.9. The van der Waals surface area contributed by atoms with Crippen LogP contribution in [0.5, 0.6) is 0 Å². The van der Waals surface area contributed by atoms with Crippen molar-refractivity contribution in [3.8, 4) is 0 Å². The first-order valence-electron chi connectivity index (χ1n) is 11.1. The van der Waals surface area contributed by atoms with Crippen molar-refractivity contribution in [1.29, 1.82) is 0 Å². The van der Waals surface area contributed by atoms with Gasteiger partial charge >= 0.3 is 18.2 Å². The fourth-order valence-corrected chi connectivity index (χ4v) is 3.12. The number of carbonyl (C=O) groups excluding carboxylic acids is 3. The largest absolute Gasteiger partial charge is 0.458 e. The molecule has 33 heavy (non-hydrogen) atoms. The van der Waals surface area contributed by atoms with E-state index in [2.05, 4.69) is 5.32 Å². The van der Waals surface area contributed by atoms with Gasteiger partial charge in [-0.2, -0.15) is 0 Å². The summed E-state index contributed by atoms with van der Waals surface area (Å²) in [5.74, 6) is -0.549. The summed E-state index contributed by atoms with van der Waals surface area (Å²) in [6.07, 6.45) is -1.74. The Morgan fingerprint density at radius 1 is 1.03 bits per heavy atom. The van der Waals surface area contributed by atoms with Crippen molar-refractivity contribution in [3.63, 3.8) is 0 Å². The van der Waals surface area contributed by atoms with Crippen LogP contribution in [0, 0.1) is 0 Å². The second kappa shape index (κ2) is 11.4. The predicted octanol–water partition coefficient (Wildman–Crippen LogP) is 3.65. The highest BCUT2D eigenvalue weighted by Crippen LogP contribution is 2.20. The molecule has 2 amide bonds. The van der Waals surface area contributed by atoms with E-state index in [1.54, 1.807) is 41.5 Å². The summed E-state index contributed by atoms with van der Waals surface area (Å²) in [5, 5.41) is 2.70. The Labute approximate surface area is 195 Å². The molecule has 1 N–H and O–H groups in total. The zero-order chi connectivity index (χ0) is 24.6. The highest BCUT2D eigenvalue weighted by molar-refractivity contribution is 5.77. The monoisotopic (exact) mass is 464 g/mol. The molecular weight excluding hydrogens is 428 g/mol. The molecule has 0 saturated carbocycles. The van der Waals surface area contributed by atoms with Crippen molar-refractivity contribution in [2.75, 3.05) is 19.7 Å². The lowest BCUT2D eigenvalue weighted by Gasteiger charge is -2.33. The molecule has 1 heterocycles. The van der Waals surface area contributed by atoms with Crippen LogP contribution >= 0.6 is 0 Å². The van der Waals surface area contributed by atoms with Crippen LogP contribution in [-0.4, -0.2) is 66.1 Å². The molecule has 9 heteroatoms. The van der Waals surface area contributed by atoms with Gasteiger partial charge in [0.15, 0.2) is 6.10 Å². The van der Waals surface area contributed by atoms with Crippen LogP contribution in [0.3, 0.4) is 0 Å².